The average molecular weight is 196 g/mol. The fourth-order valence-electron chi connectivity index (χ4n) is 2.10. The van der Waals surface area contributed by atoms with Crippen LogP contribution < -0.4 is 10.6 Å². The van der Waals surface area contributed by atoms with E-state index in [-0.39, 0.29) is 11.9 Å². The fourth-order valence-corrected chi connectivity index (χ4v) is 2.10. The van der Waals surface area contributed by atoms with E-state index < -0.39 is 0 Å². The second kappa shape index (κ2) is 4.30. The molecule has 2 aliphatic rings. The molecule has 0 aromatic rings. The molecule has 14 heavy (non-hydrogen) atoms. The summed E-state index contributed by atoms with van der Waals surface area (Å²) in [6.45, 7) is 4.00. The van der Waals surface area contributed by atoms with Gasteiger partial charge in [0, 0.05) is 6.54 Å². The summed E-state index contributed by atoms with van der Waals surface area (Å²) in [5.41, 5.74) is 0. The number of amides is 1. The summed E-state index contributed by atoms with van der Waals surface area (Å²) in [6, 6.07) is 0.0641. The Hall–Kier alpha value is -0.570. The van der Waals surface area contributed by atoms with Gasteiger partial charge in [0.2, 0.25) is 5.91 Å². The number of hydrogen-bond donors (Lipinski definition) is 2. The number of nitrogens with one attached hydrogen (secondary N) is 2. The van der Waals surface area contributed by atoms with Gasteiger partial charge in [-0.15, -0.1) is 0 Å². The number of carbonyl (C=O) groups is 1. The molecule has 3 heteroatoms. The van der Waals surface area contributed by atoms with Crippen molar-refractivity contribution < 1.29 is 4.79 Å². The summed E-state index contributed by atoms with van der Waals surface area (Å²) in [6.07, 6.45) is 5.04. The Balaban J connectivity index is 1.65. The van der Waals surface area contributed by atoms with Gasteiger partial charge in [-0.1, -0.05) is 19.8 Å². The van der Waals surface area contributed by atoms with Crippen molar-refractivity contribution in [3.63, 3.8) is 0 Å². The van der Waals surface area contributed by atoms with Crippen molar-refractivity contribution in [2.24, 2.45) is 11.8 Å². The molecule has 2 unspecified atom stereocenters. The lowest BCUT2D eigenvalue weighted by molar-refractivity contribution is -0.123. The number of hydrogen-bond acceptors (Lipinski definition) is 2. The Kier molecular flexibility index (Phi) is 3.06. The van der Waals surface area contributed by atoms with Gasteiger partial charge in [-0.05, 0) is 31.2 Å². The Morgan fingerprint density at radius 1 is 1.43 bits per heavy atom. The van der Waals surface area contributed by atoms with Gasteiger partial charge in [0.1, 0.15) is 0 Å². The summed E-state index contributed by atoms with van der Waals surface area (Å²) < 4.78 is 0. The van der Waals surface area contributed by atoms with Crippen molar-refractivity contribution in [1.29, 1.82) is 0 Å². The summed E-state index contributed by atoms with van der Waals surface area (Å²) in [5, 5.41) is 6.27. The first-order valence-corrected chi connectivity index (χ1v) is 5.78. The maximum absolute atomic E-state index is 11.7. The molecule has 1 amide bonds. The molecule has 0 aromatic heterocycles. The van der Waals surface area contributed by atoms with Crippen LogP contribution in [0.4, 0.5) is 0 Å². The second-order valence-electron chi connectivity index (χ2n) is 4.72. The molecule has 0 radical (unpaired) electrons. The zero-order valence-electron chi connectivity index (χ0n) is 8.88. The molecule has 1 saturated heterocycles. The number of carbonyl (C=O) groups excluding carboxylic acids is 1. The molecule has 1 aliphatic carbocycles. The largest absolute Gasteiger partial charge is 0.355 e. The van der Waals surface area contributed by atoms with Gasteiger partial charge >= 0.3 is 0 Å². The minimum atomic E-state index is 0.0641. The fraction of sp³-hybridized carbons (Fsp3) is 0.909. The maximum atomic E-state index is 11.7. The minimum Gasteiger partial charge on any atom is -0.355 e. The van der Waals surface area contributed by atoms with E-state index in [0.29, 0.717) is 5.92 Å². The average Bonchev–Trinajstić information content (AvgIpc) is 2.87. The van der Waals surface area contributed by atoms with Crippen molar-refractivity contribution in [1.82, 2.24) is 10.6 Å². The first kappa shape index (κ1) is 9.97. The van der Waals surface area contributed by atoms with Crippen LogP contribution in [0.2, 0.25) is 0 Å². The second-order valence-corrected chi connectivity index (χ2v) is 4.72. The van der Waals surface area contributed by atoms with Crippen LogP contribution in [0.1, 0.15) is 32.6 Å². The summed E-state index contributed by atoms with van der Waals surface area (Å²) in [5.74, 6) is 1.61. The molecule has 2 rings (SSSR count). The molecule has 1 aliphatic heterocycles. The van der Waals surface area contributed by atoms with E-state index in [0.717, 1.165) is 25.4 Å². The first-order valence-electron chi connectivity index (χ1n) is 5.78. The van der Waals surface area contributed by atoms with E-state index in [2.05, 4.69) is 17.6 Å². The van der Waals surface area contributed by atoms with Crippen LogP contribution in [0.3, 0.4) is 0 Å². The van der Waals surface area contributed by atoms with Gasteiger partial charge < -0.3 is 10.6 Å². The van der Waals surface area contributed by atoms with Gasteiger partial charge in [-0.2, -0.15) is 0 Å². The standard InChI is InChI=1S/C11H20N2O/c1-8-4-6-12-10(8)11(14)13-7-5-9-2-3-9/h8-10,12H,2-7H2,1H3,(H,13,14). The van der Waals surface area contributed by atoms with Crippen LogP contribution in [0.25, 0.3) is 0 Å². The predicted molar refractivity (Wildman–Crippen MR) is 55.9 cm³/mol. The minimum absolute atomic E-state index is 0.0641. The predicted octanol–water partition coefficient (Wildman–Crippen LogP) is 0.901. The summed E-state index contributed by atoms with van der Waals surface area (Å²) in [7, 11) is 0. The van der Waals surface area contributed by atoms with Gasteiger partial charge in [-0.3, -0.25) is 4.79 Å². The highest BCUT2D eigenvalue weighted by Crippen LogP contribution is 2.31. The van der Waals surface area contributed by atoms with Crippen LogP contribution in [0.5, 0.6) is 0 Å². The van der Waals surface area contributed by atoms with Crippen LogP contribution in [0, 0.1) is 11.8 Å². The first-order chi connectivity index (χ1) is 6.77. The third-order valence-corrected chi connectivity index (χ3v) is 3.36. The lowest BCUT2D eigenvalue weighted by Gasteiger charge is -2.15. The maximum Gasteiger partial charge on any atom is 0.237 e. The molecule has 2 fully saturated rings. The van der Waals surface area contributed by atoms with Gasteiger partial charge in [-0.25, -0.2) is 0 Å². The van der Waals surface area contributed by atoms with Gasteiger partial charge in [0.25, 0.3) is 0 Å². The molecule has 1 heterocycles. The normalized spacial score (nSPS) is 31.8. The topological polar surface area (TPSA) is 41.1 Å². The molecule has 0 aromatic carbocycles. The molecule has 3 nitrogen and oxygen atoms in total. The van der Waals surface area contributed by atoms with Crippen LogP contribution >= 0.6 is 0 Å². The van der Waals surface area contributed by atoms with Crippen LogP contribution in [0.15, 0.2) is 0 Å². The Bertz CT molecular complexity index is 213. The van der Waals surface area contributed by atoms with Crippen molar-refractivity contribution in [2.45, 2.75) is 38.6 Å². The molecule has 2 N–H and O–H groups in total. The summed E-state index contributed by atoms with van der Waals surface area (Å²) >= 11 is 0. The lowest BCUT2D eigenvalue weighted by atomic mass is 10.0. The van der Waals surface area contributed by atoms with E-state index in [9.17, 15) is 4.79 Å². The van der Waals surface area contributed by atoms with E-state index in [4.69, 9.17) is 0 Å². The van der Waals surface area contributed by atoms with Gasteiger partial charge in [0.05, 0.1) is 6.04 Å². The highest BCUT2D eigenvalue weighted by Gasteiger charge is 2.29. The van der Waals surface area contributed by atoms with E-state index in [1.807, 2.05) is 0 Å². The SMILES string of the molecule is CC1CCNC1C(=O)NCCC1CC1. The third-order valence-electron chi connectivity index (χ3n) is 3.36. The summed E-state index contributed by atoms with van der Waals surface area (Å²) in [4.78, 5) is 11.7. The molecule has 0 bridgehead atoms. The lowest BCUT2D eigenvalue weighted by Crippen LogP contribution is -2.43. The van der Waals surface area contributed by atoms with Crippen molar-refractivity contribution >= 4 is 5.91 Å². The monoisotopic (exact) mass is 196 g/mol. The zero-order chi connectivity index (χ0) is 9.97. The van der Waals surface area contributed by atoms with E-state index in [1.54, 1.807) is 0 Å². The molecule has 80 valence electrons. The van der Waals surface area contributed by atoms with Crippen LogP contribution in [-0.4, -0.2) is 25.0 Å². The molecular weight excluding hydrogens is 176 g/mol. The zero-order valence-corrected chi connectivity index (χ0v) is 8.88. The molecule has 2 atom stereocenters. The molecule has 0 spiro atoms. The third kappa shape index (κ3) is 2.47. The highest BCUT2D eigenvalue weighted by atomic mass is 16.2. The van der Waals surface area contributed by atoms with Crippen molar-refractivity contribution in [3.8, 4) is 0 Å². The smallest absolute Gasteiger partial charge is 0.237 e. The Morgan fingerprint density at radius 3 is 2.79 bits per heavy atom. The van der Waals surface area contributed by atoms with E-state index in [1.165, 1.54) is 19.3 Å². The Labute approximate surface area is 85.6 Å². The highest BCUT2D eigenvalue weighted by molar-refractivity contribution is 5.82. The molecular formula is C11H20N2O. The van der Waals surface area contributed by atoms with Crippen molar-refractivity contribution in [3.05, 3.63) is 0 Å². The molecule has 1 saturated carbocycles. The quantitative estimate of drug-likeness (QED) is 0.701. The van der Waals surface area contributed by atoms with Gasteiger partial charge in [0.15, 0.2) is 0 Å². The van der Waals surface area contributed by atoms with E-state index >= 15 is 0 Å². The Morgan fingerprint density at radius 2 is 2.21 bits per heavy atom. The number of rotatable bonds is 4. The van der Waals surface area contributed by atoms with Crippen LogP contribution in [-0.2, 0) is 4.79 Å². The van der Waals surface area contributed by atoms with Crippen molar-refractivity contribution in [2.75, 3.05) is 13.1 Å².